The maximum absolute atomic E-state index is 12.6. The van der Waals surface area contributed by atoms with Gasteiger partial charge < -0.3 is 14.2 Å². The monoisotopic (exact) mass is 530 g/mol. The Morgan fingerprint density at radius 3 is 1.72 bits per heavy atom. The maximum atomic E-state index is 12.6. The van der Waals surface area contributed by atoms with Gasteiger partial charge in [-0.2, -0.15) is 0 Å². The zero-order valence-electron chi connectivity index (χ0n) is 23.1. The van der Waals surface area contributed by atoms with Crippen LogP contribution in [0.3, 0.4) is 0 Å². The topological polar surface area (TPSA) is 78.9 Å². The largest absolute Gasteiger partial charge is 0.459 e. The molecular weight excluding hydrogens is 492 g/mol. The molecule has 6 nitrogen and oxygen atoms in total. The number of unbranched alkanes of at least 4 members (excludes halogenated alkanes) is 5. The van der Waals surface area contributed by atoms with Crippen LogP contribution >= 0.6 is 0 Å². The lowest BCUT2D eigenvalue weighted by molar-refractivity contribution is -0.134. The normalized spacial score (nSPS) is 11.5. The zero-order valence-corrected chi connectivity index (χ0v) is 23.1. The van der Waals surface area contributed by atoms with Gasteiger partial charge in [0.25, 0.3) is 0 Å². The molecule has 0 saturated heterocycles. The van der Waals surface area contributed by atoms with Gasteiger partial charge in [0.15, 0.2) is 0 Å². The summed E-state index contributed by atoms with van der Waals surface area (Å²) in [4.78, 5) is 36.8. The van der Waals surface area contributed by atoms with E-state index in [1.165, 1.54) is 19.3 Å². The molecule has 1 atom stereocenters. The van der Waals surface area contributed by atoms with Crippen molar-refractivity contribution in [2.45, 2.75) is 78.2 Å². The van der Waals surface area contributed by atoms with Crippen molar-refractivity contribution in [1.29, 1.82) is 0 Å². The molecule has 0 aliphatic rings. The molecule has 3 aromatic carbocycles. The van der Waals surface area contributed by atoms with Gasteiger partial charge in [0, 0.05) is 6.42 Å². The molecule has 0 amide bonds. The van der Waals surface area contributed by atoms with E-state index in [0.29, 0.717) is 29.0 Å². The highest BCUT2D eigenvalue weighted by atomic mass is 16.5. The predicted octanol–water partition coefficient (Wildman–Crippen LogP) is 8.18. The molecule has 0 bridgehead atoms. The lowest BCUT2D eigenvalue weighted by Crippen LogP contribution is -2.14. The quantitative estimate of drug-likeness (QED) is 0.119. The molecule has 39 heavy (non-hydrogen) atoms. The molecule has 0 aromatic heterocycles. The molecule has 0 spiro atoms. The van der Waals surface area contributed by atoms with E-state index in [1.54, 1.807) is 48.5 Å². The number of carbonyl (C=O) groups excluding carboxylic acids is 3. The van der Waals surface area contributed by atoms with Gasteiger partial charge >= 0.3 is 17.9 Å². The van der Waals surface area contributed by atoms with E-state index >= 15 is 0 Å². The summed E-state index contributed by atoms with van der Waals surface area (Å²) in [6, 6.07) is 20.7. The third kappa shape index (κ3) is 9.71. The Morgan fingerprint density at radius 2 is 1.10 bits per heavy atom. The third-order valence-electron chi connectivity index (χ3n) is 6.46. The van der Waals surface area contributed by atoms with E-state index in [1.807, 2.05) is 38.1 Å². The summed E-state index contributed by atoms with van der Waals surface area (Å²) >= 11 is 0. The van der Waals surface area contributed by atoms with Gasteiger partial charge in [-0.3, -0.25) is 4.79 Å². The minimum Gasteiger partial charge on any atom is -0.459 e. The molecule has 0 unspecified atom stereocenters. The number of hydrogen-bond acceptors (Lipinski definition) is 6. The van der Waals surface area contributed by atoms with Crippen molar-refractivity contribution in [3.63, 3.8) is 0 Å². The first-order valence-corrected chi connectivity index (χ1v) is 13.8. The number of rotatable bonds is 14. The fourth-order valence-corrected chi connectivity index (χ4v) is 3.91. The number of hydrogen-bond donors (Lipinski definition) is 0. The van der Waals surface area contributed by atoms with Crippen molar-refractivity contribution in [3.05, 3.63) is 83.9 Å². The molecule has 0 aliphatic heterocycles. The van der Waals surface area contributed by atoms with Crippen LogP contribution < -0.4 is 9.47 Å². The molecule has 206 valence electrons. The lowest BCUT2D eigenvalue weighted by atomic mass is 10.0. The Balaban J connectivity index is 1.49. The smallest absolute Gasteiger partial charge is 0.343 e. The summed E-state index contributed by atoms with van der Waals surface area (Å²) in [7, 11) is 0. The molecule has 0 fully saturated rings. The Labute approximate surface area is 231 Å². The highest BCUT2D eigenvalue weighted by Gasteiger charge is 2.13. The second kappa shape index (κ2) is 15.5. The summed E-state index contributed by atoms with van der Waals surface area (Å²) in [5.74, 6) is -0.247. The summed E-state index contributed by atoms with van der Waals surface area (Å²) < 4.78 is 16.2. The Hall–Kier alpha value is -3.93. The second-order valence-corrected chi connectivity index (χ2v) is 9.63. The SMILES string of the molecule is CCCCCCCCC(=O)Oc1ccc(-c2ccc(C(=O)Oc3ccc(C(=O)O[C@@H](C)CC)cc3)cc2)cc1. The summed E-state index contributed by atoms with van der Waals surface area (Å²) in [5.41, 5.74) is 2.66. The van der Waals surface area contributed by atoms with Gasteiger partial charge in [-0.05, 0) is 79.4 Å². The second-order valence-electron chi connectivity index (χ2n) is 9.63. The van der Waals surface area contributed by atoms with Crippen LogP contribution in [0, 0.1) is 0 Å². The van der Waals surface area contributed by atoms with Crippen molar-refractivity contribution in [2.24, 2.45) is 0 Å². The van der Waals surface area contributed by atoms with Crippen molar-refractivity contribution in [2.75, 3.05) is 0 Å². The first kappa shape index (κ1) is 29.6. The third-order valence-corrected chi connectivity index (χ3v) is 6.46. The van der Waals surface area contributed by atoms with Gasteiger partial charge in [0.05, 0.1) is 17.2 Å². The van der Waals surface area contributed by atoms with Crippen molar-refractivity contribution >= 4 is 17.9 Å². The van der Waals surface area contributed by atoms with E-state index in [0.717, 1.165) is 36.8 Å². The van der Waals surface area contributed by atoms with Crippen molar-refractivity contribution in [1.82, 2.24) is 0 Å². The Bertz CT molecular complexity index is 1200. The van der Waals surface area contributed by atoms with Gasteiger partial charge in [-0.15, -0.1) is 0 Å². The first-order valence-electron chi connectivity index (χ1n) is 13.8. The van der Waals surface area contributed by atoms with Crippen molar-refractivity contribution in [3.8, 4) is 22.6 Å². The van der Waals surface area contributed by atoms with Gasteiger partial charge in [0.1, 0.15) is 11.5 Å². The summed E-state index contributed by atoms with van der Waals surface area (Å²) in [6.07, 6.45) is 7.76. The van der Waals surface area contributed by atoms with E-state index < -0.39 is 11.9 Å². The van der Waals surface area contributed by atoms with E-state index in [4.69, 9.17) is 14.2 Å². The van der Waals surface area contributed by atoms with Crippen LogP contribution in [0.5, 0.6) is 11.5 Å². The Morgan fingerprint density at radius 1 is 0.615 bits per heavy atom. The number of esters is 3. The average Bonchev–Trinajstić information content (AvgIpc) is 2.95. The summed E-state index contributed by atoms with van der Waals surface area (Å²) in [6.45, 7) is 5.97. The van der Waals surface area contributed by atoms with E-state index in [9.17, 15) is 14.4 Å². The number of carbonyl (C=O) groups is 3. The molecular formula is C33H38O6. The van der Waals surface area contributed by atoms with Crippen LogP contribution in [-0.2, 0) is 9.53 Å². The van der Waals surface area contributed by atoms with Crippen LogP contribution in [0.15, 0.2) is 72.8 Å². The molecule has 0 aliphatic carbocycles. The van der Waals surface area contributed by atoms with Crippen LogP contribution in [-0.4, -0.2) is 24.0 Å². The molecule has 3 rings (SSSR count). The van der Waals surface area contributed by atoms with Crippen LogP contribution in [0.4, 0.5) is 0 Å². The predicted molar refractivity (Wildman–Crippen MR) is 152 cm³/mol. The van der Waals surface area contributed by atoms with E-state index in [2.05, 4.69) is 6.92 Å². The first-order chi connectivity index (χ1) is 18.9. The standard InChI is InChI=1S/C33H38O6/c1-4-6-7-8-9-10-11-31(34)38-29-20-16-26(17-21-29)25-12-14-27(15-13-25)33(36)39-30-22-18-28(19-23-30)32(35)37-24(3)5-2/h12-24H,4-11H2,1-3H3/t24-/m0/s1. The highest BCUT2D eigenvalue weighted by Crippen LogP contribution is 2.24. The molecule has 0 heterocycles. The number of ether oxygens (including phenoxy) is 3. The average molecular weight is 531 g/mol. The zero-order chi connectivity index (χ0) is 28.0. The molecule has 0 N–H and O–H groups in total. The van der Waals surface area contributed by atoms with Crippen molar-refractivity contribution < 1.29 is 28.6 Å². The van der Waals surface area contributed by atoms with Gasteiger partial charge in [-0.1, -0.05) is 70.2 Å². The number of benzene rings is 3. The lowest BCUT2D eigenvalue weighted by Gasteiger charge is -2.11. The minimum absolute atomic E-state index is 0.159. The van der Waals surface area contributed by atoms with Crippen LogP contribution in [0.25, 0.3) is 11.1 Å². The van der Waals surface area contributed by atoms with Gasteiger partial charge in [-0.25, -0.2) is 9.59 Å². The summed E-state index contributed by atoms with van der Waals surface area (Å²) in [5, 5.41) is 0. The molecule has 0 saturated carbocycles. The van der Waals surface area contributed by atoms with Gasteiger partial charge in [0.2, 0.25) is 0 Å². The Kier molecular flexibility index (Phi) is 11.8. The molecule has 3 aromatic rings. The highest BCUT2D eigenvalue weighted by molar-refractivity contribution is 5.92. The fraction of sp³-hybridized carbons (Fsp3) is 0.364. The molecule has 0 radical (unpaired) electrons. The maximum Gasteiger partial charge on any atom is 0.343 e. The van der Waals surface area contributed by atoms with Crippen LogP contribution in [0.1, 0.15) is 92.9 Å². The molecule has 6 heteroatoms. The van der Waals surface area contributed by atoms with Crippen LogP contribution in [0.2, 0.25) is 0 Å². The van der Waals surface area contributed by atoms with E-state index in [-0.39, 0.29) is 12.1 Å². The minimum atomic E-state index is -0.496. The fourth-order valence-electron chi connectivity index (χ4n) is 3.91.